The molecular formula is C43H76NO7+. The van der Waals surface area contributed by atoms with Crippen LogP contribution in [0.3, 0.4) is 0 Å². The van der Waals surface area contributed by atoms with Crippen LogP contribution in [0.25, 0.3) is 0 Å². The molecule has 2 atom stereocenters. The Morgan fingerprint density at radius 2 is 1.10 bits per heavy atom. The molecule has 2 unspecified atom stereocenters. The summed E-state index contributed by atoms with van der Waals surface area (Å²) in [5, 5.41) is 9.59. The molecule has 0 aromatic heterocycles. The smallest absolute Gasteiger partial charge is 0.362 e. The third-order valence-electron chi connectivity index (χ3n) is 8.84. The maximum absolute atomic E-state index is 12.7. The van der Waals surface area contributed by atoms with Crippen molar-refractivity contribution in [3.05, 3.63) is 48.6 Å². The molecule has 0 radical (unpaired) electrons. The lowest BCUT2D eigenvalue weighted by molar-refractivity contribution is -0.887. The van der Waals surface area contributed by atoms with Crippen molar-refractivity contribution in [1.82, 2.24) is 0 Å². The molecule has 0 spiro atoms. The standard InChI is InChI=1S/C43H75NO7/c1-6-8-10-12-14-16-18-20-21-22-24-25-27-29-31-33-41(45)50-38-39(37-49-36-35-40(43(47)48)44(3,4)5)51-42(46)34-32-30-28-26-23-19-17-15-13-11-9-7-2/h8,10,12,14,16,18,20-21,39-40H,6-7,9,11,13,15,17,19,22-38H2,1-5H3/p+1/b10-8+,14-12+,18-16+,21-20+. The number of carbonyl (C=O) groups is 3. The van der Waals surface area contributed by atoms with Gasteiger partial charge in [0.2, 0.25) is 0 Å². The summed E-state index contributed by atoms with van der Waals surface area (Å²) in [4.78, 5) is 36.8. The van der Waals surface area contributed by atoms with Gasteiger partial charge in [0, 0.05) is 19.3 Å². The van der Waals surface area contributed by atoms with E-state index in [1.54, 1.807) is 0 Å². The zero-order valence-corrected chi connectivity index (χ0v) is 33.3. The molecule has 0 heterocycles. The van der Waals surface area contributed by atoms with Crippen LogP contribution in [-0.4, -0.2) is 80.6 Å². The number of allylic oxidation sites excluding steroid dienone is 8. The molecule has 0 saturated carbocycles. The molecule has 294 valence electrons. The van der Waals surface area contributed by atoms with Crippen LogP contribution in [0.1, 0.15) is 155 Å². The second-order valence-electron chi connectivity index (χ2n) is 14.6. The Morgan fingerprint density at radius 3 is 1.63 bits per heavy atom. The summed E-state index contributed by atoms with van der Waals surface area (Å²) in [6, 6.07) is -0.617. The summed E-state index contributed by atoms with van der Waals surface area (Å²) >= 11 is 0. The molecule has 0 amide bonds. The van der Waals surface area contributed by atoms with Gasteiger partial charge in [-0.05, 0) is 32.1 Å². The molecule has 0 fully saturated rings. The molecule has 0 aromatic carbocycles. The molecule has 0 aliphatic rings. The van der Waals surface area contributed by atoms with E-state index in [0.29, 0.717) is 19.3 Å². The average molecular weight is 719 g/mol. The topological polar surface area (TPSA) is 99.1 Å². The lowest BCUT2D eigenvalue weighted by Gasteiger charge is -2.31. The minimum absolute atomic E-state index is 0.0538. The number of carboxylic acid groups (broad SMARTS) is 1. The maximum atomic E-state index is 12.7. The highest BCUT2D eigenvalue weighted by molar-refractivity contribution is 5.72. The van der Waals surface area contributed by atoms with Crippen molar-refractivity contribution in [2.75, 3.05) is 41.0 Å². The van der Waals surface area contributed by atoms with Gasteiger partial charge in [-0.25, -0.2) is 4.79 Å². The largest absolute Gasteiger partial charge is 0.477 e. The molecule has 0 saturated heterocycles. The highest BCUT2D eigenvalue weighted by atomic mass is 16.6. The fraction of sp³-hybridized carbons (Fsp3) is 0.744. The number of hydrogen-bond acceptors (Lipinski definition) is 6. The Morgan fingerprint density at radius 1 is 0.608 bits per heavy atom. The molecule has 0 aliphatic heterocycles. The van der Waals surface area contributed by atoms with E-state index in [-0.39, 0.29) is 36.2 Å². The summed E-state index contributed by atoms with van der Waals surface area (Å²) in [5.74, 6) is -1.50. The Kier molecular flexibility index (Phi) is 32.6. The van der Waals surface area contributed by atoms with Gasteiger partial charge in [0.1, 0.15) is 6.61 Å². The molecule has 1 N–H and O–H groups in total. The number of hydrogen-bond donors (Lipinski definition) is 1. The first-order valence-electron chi connectivity index (χ1n) is 20.2. The first kappa shape index (κ1) is 48.3. The monoisotopic (exact) mass is 719 g/mol. The molecule has 0 aromatic rings. The van der Waals surface area contributed by atoms with E-state index in [2.05, 4.69) is 38.2 Å². The number of unbranched alkanes of at least 4 members (excludes halogenated alkanes) is 16. The van der Waals surface area contributed by atoms with Gasteiger partial charge in [-0.3, -0.25) is 9.59 Å². The Labute approximate surface area is 312 Å². The van der Waals surface area contributed by atoms with E-state index in [0.717, 1.165) is 64.2 Å². The normalized spacial score (nSPS) is 13.5. The number of carboxylic acids is 1. The third kappa shape index (κ3) is 32.9. The van der Waals surface area contributed by atoms with Gasteiger partial charge in [0.25, 0.3) is 0 Å². The molecule has 0 rings (SSSR count). The first-order chi connectivity index (χ1) is 24.6. The van der Waals surface area contributed by atoms with Crippen molar-refractivity contribution >= 4 is 17.9 Å². The summed E-state index contributed by atoms with van der Waals surface area (Å²) in [7, 11) is 5.51. The fourth-order valence-corrected chi connectivity index (χ4v) is 5.69. The second-order valence-corrected chi connectivity index (χ2v) is 14.6. The predicted octanol–water partition coefficient (Wildman–Crippen LogP) is 10.5. The zero-order valence-electron chi connectivity index (χ0n) is 33.3. The summed E-state index contributed by atoms with van der Waals surface area (Å²) in [5.41, 5.74) is 0. The van der Waals surface area contributed by atoms with Crippen molar-refractivity contribution in [2.45, 2.75) is 167 Å². The van der Waals surface area contributed by atoms with Crippen LogP contribution in [0.15, 0.2) is 48.6 Å². The van der Waals surface area contributed by atoms with Gasteiger partial charge in [0.15, 0.2) is 12.1 Å². The number of nitrogens with zero attached hydrogens (tertiary/aromatic N) is 1. The number of ether oxygens (including phenoxy) is 3. The summed E-state index contributed by atoms with van der Waals surface area (Å²) in [6.07, 6.45) is 38.6. The second kappa shape index (κ2) is 34.4. The molecule has 8 nitrogen and oxygen atoms in total. The molecule has 8 heteroatoms. The Balaban J connectivity index is 4.43. The number of aliphatic carboxylic acids is 1. The van der Waals surface area contributed by atoms with Gasteiger partial charge < -0.3 is 23.8 Å². The molecule has 0 bridgehead atoms. The van der Waals surface area contributed by atoms with Crippen LogP contribution in [-0.2, 0) is 28.6 Å². The first-order valence-corrected chi connectivity index (χ1v) is 20.2. The number of likely N-dealkylation sites (N-methyl/N-ethyl adjacent to an activating group) is 1. The van der Waals surface area contributed by atoms with Crippen molar-refractivity contribution in [1.29, 1.82) is 0 Å². The van der Waals surface area contributed by atoms with Crippen LogP contribution in [0.5, 0.6) is 0 Å². The predicted molar refractivity (Wildman–Crippen MR) is 211 cm³/mol. The summed E-state index contributed by atoms with van der Waals surface area (Å²) < 4.78 is 17.2. The van der Waals surface area contributed by atoms with E-state index in [9.17, 15) is 19.5 Å². The lowest BCUT2D eigenvalue weighted by atomic mass is 10.0. The minimum atomic E-state index is -0.880. The van der Waals surface area contributed by atoms with Crippen LogP contribution in [0, 0.1) is 0 Å². The number of carbonyl (C=O) groups excluding carboxylic acids is 2. The van der Waals surface area contributed by atoms with Crippen molar-refractivity contribution in [3.8, 4) is 0 Å². The maximum Gasteiger partial charge on any atom is 0.362 e. The quantitative estimate of drug-likeness (QED) is 0.0301. The number of esters is 2. The van der Waals surface area contributed by atoms with Gasteiger partial charge in [-0.1, -0.05) is 152 Å². The van der Waals surface area contributed by atoms with Crippen LogP contribution in [0.4, 0.5) is 0 Å². The SMILES string of the molecule is CC/C=C/C=C/C=C/C=C/CCCCCCCC(=O)OCC(COCCC(C(=O)O)[N+](C)(C)C)OC(=O)CCCCCCCCCCCCCC. The van der Waals surface area contributed by atoms with Gasteiger partial charge in [-0.2, -0.15) is 0 Å². The summed E-state index contributed by atoms with van der Waals surface area (Å²) in [6.45, 7) is 4.56. The zero-order chi connectivity index (χ0) is 37.8. The third-order valence-corrected chi connectivity index (χ3v) is 8.84. The van der Waals surface area contributed by atoms with Crippen molar-refractivity contribution in [2.24, 2.45) is 0 Å². The minimum Gasteiger partial charge on any atom is -0.477 e. The average Bonchev–Trinajstić information content (AvgIpc) is 3.08. The molecule has 0 aliphatic carbocycles. The highest BCUT2D eigenvalue weighted by Gasteiger charge is 2.31. The van der Waals surface area contributed by atoms with Crippen LogP contribution >= 0.6 is 0 Å². The number of quaternary nitrogens is 1. The van der Waals surface area contributed by atoms with E-state index in [1.807, 2.05) is 45.4 Å². The highest BCUT2D eigenvalue weighted by Crippen LogP contribution is 2.14. The van der Waals surface area contributed by atoms with Crippen molar-refractivity contribution < 1.29 is 38.2 Å². The van der Waals surface area contributed by atoms with Crippen LogP contribution in [0.2, 0.25) is 0 Å². The van der Waals surface area contributed by atoms with E-state index in [1.165, 1.54) is 57.8 Å². The van der Waals surface area contributed by atoms with Gasteiger partial charge in [0.05, 0.1) is 34.4 Å². The number of rotatable bonds is 35. The van der Waals surface area contributed by atoms with Crippen LogP contribution < -0.4 is 0 Å². The van der Waals surface area contributed by atoms with Gasteiger partial charge >= 0.3 is 17.9 Å². The molecular weight excluding hydrogens is 642 g/mol. The van der Waals surface area contributed by atoms with Crippen molar-refractivity contribution in [3.63, 3.8) is 0 Å². The van der Waals surface area contributed by atoms with E-state index < -0.39 is 18.1 Å². The Bertz CT molecular complexity index is 979. The van der Waals surface area contributed by atoms with E-state index >= 15 is 0 Å². The Hall–Kier alpha value is -2.71. The fourth-order valence-electron chi connectivity index (χ4n) is 5.69. The molecule has 51 heavy (non-hydrogen) atoms. The van der Waals surface area contributed by atoms with E-state index in [4.69, 9.17) is 14.2 Å². The lowest BCUT2D eigenvalue weighted by Crippen LogP contribution is -2.50. The van der Waals surface area contributed by atoms with Gasteiger partial charge in [-0.15, -0.1) is 0 Å².